The summed E-state index contributed by atoms with van der Waals surface area (Å²) in [6, 6.07) is 68.6. The summed E-state index contributed by atoms with van der Waals surface area (Å²) in [5.41, 5.74) is 35.1. The summed E-state index contributed by atoms with van der Waals surface area (Å²) < 4.78 is 0. The maximum atomic E-state index is 4.75. The third-order valence-corrected chi connectivity index (χ3v) is 20.0. The lowest BCUT2D eigenvalue weighted by Crippen LogP contribution is -1.98. The number of hydrogen-bond donors (Lipinski definition) is 0. The number of aryl methyl sites for hydroxylation is 14. The maximum absolute atomic E-state index is 4.75. The van der Waals surface area contributed by atoms with Crippen LogP contribution in [0.4, 0.5) is 0 Å². The predicted octanol–water partition coefficient (Wildman–Crippen LogP) is 25.1. The van der Waals surface area contributed by atoms with E-state index in [9.17, 15) is 0 Å². The second kappa shape index (κ2) is 29.7. The van der Waals surface area contributed by atoms with E-state index in [0.29, 0.717) is 0 Å². The lowest BCUT2D eigenvalue weighted by molar-refractivity contribution is 1.20. The molecule has 0 saturated carbocycles. The molecule has 0 radical (unpaired) electrons. The van der Waals surface area contributed by atoms with E-state index in [-0.39, 0.29) is 0 Å². The number of pyridine rings is 5. The van der Waals surface area contributed by atoms with Crippen LogP contribution in [0.1, 0.15) is 100 Å². The third kappa shape index (κ3) is 14.6. The van der Waals surface area contributed by atoms with Gasteiger partial charge in [0.05, 0.1) is 28.5 Å². The molecule has 0 aliphatic heterocycles. The summed E-state index contributed by atoms with van der Waals surface area (Å²) >= 11 is 0. The van der Waals surface area contributed by atoms with E-state index in [4.69, 9.17) is 9.97 Å². The summed E-state index contributed by atoms with van der Waals surface area (Å²) in [5.74, 6) is 0. The molecule has 5 nitrogen and oxygen atoms in total. The summed E-state index contributed by atoms with van der Waals surface area (Å²) in [5, 5.41) is 12.4. The molecule has 0 saturated heterocycles. The topological polar surface area (TPSA) is 64.5 Å². The van der Waals surface area contributed by atoms with E-state index in [0.717, 1.165) is 28.5 Å². The van der Waals surface area contributed by atoms with Crippen LogP contribution in [0.25, 0.3) is 110 Å². The van der Waals surface area contributed by atoms with Gasteiger partial charge in [0.25, 0.3) is 0 Å². The molecule has 0 aliphatic rings. The van der Waals surface area contributed by atoms with Crippen LogP contribution >= 0.6 is 0 Å². The van der Waals surface area contributed by atoms with Gasteiger partial charge in [-0.05, 0) is 260 Å². The van der Waals surface area contributed by atoms with E-state index in [1.54, 1.807) is 0 Å². The number of benzene rings is 10. The van der Waals surface area contributed by atoms with Crippen molar-refractivity contribution in [2.24, 2.45) is 0 Å². The highest BCUT2D eigenvalue weighted by Crippen LogP contribution is 2.37. The van der Waals surface area contributed by atoms with Crippen molar-refractivity contribution in [1.29, 1.82) is 0 Å². The molecular formula is C93H91N5. The molecule has 0 bridgehead atoms. The zero-order valence-electron chi connectivity index (χ0n) is 60.6. The monoisotopic (exact) mass is 1280 g/mol. The molecule has 0 amide bonds. The van der Waals surface area contributed by atoms with Crippen LogP contribution in [0.5, 0.6) is 0 Å². The fourth-order valence-corrected chi connectivity index (χ4v) is 13.8. The Labute approximate surface area is 581 Å². The largest absolute Gasteiger partial charge is 0.255 e. The van der Waals surface area contributed by atoms with Gasteiger partial charge < -0.3 is 0 Å². The van der Waals surface area contributed by atoms with Gasteiger partial charge in [0.15, 0.2) is 0 Å². The van der Waals surface area contributed by atoms with Gasteiger partial charge in [-0.3, -0.25) is 24.9 Å². The quantitative estimate of drug-likeness (QED) is 0.172. The van der Waals surface area contributed by atoms with E-state index in [1.807, 2.05) is 31.0 Å². The first-order valence-electron chi connectivity index (χ1n) is 34.2. The van der Waals surface area contributed by atoms with Gasteiger partial charge in [-0.1, -0.05) is 186 Å². The Balaban J connectivity index is 0.000000124. The van der Waals surface area contributed by atoms with Gasteiger partial charge in [0.2, 0.25) is 0 Å². The fraction of sp³-hybridized carbons (Fsp3) is 0.194. The van der Waals surface area contributed by atoms with Crippen molar-refractivity contribution in [2.75, 3.05) is 0 Å². The van der Waals surface area contributed by atoms with E-state index in [2.05, 4.69) is 334 Å². The maximum Gasteiger partial charge on any atom is 0.0740 e. The summed E-state index contributed by atoms with van der Waals surface area (Å²) in [7, 11) is 0. The van der Waals surface area contributed by atoms with Crippen molar-refractivity contribution in [1.82, 2.24) is 24.9 Å². The van der Waals surface area contributed by atoms with Gasteiger partial charge >= 0.3 is 0 Å². The van der Waals surface area contributed by atoms with Crippen LogP contribution < -0.4 is 0 Å². The molecule has 488 valence electrons. The average molecular weight is 1280 g/mol. The third-order valence-electron chi connectivity index (χ3n) is 20.0. The Morgan fingerprint density at radius 1 is 0.184 bits per heavy atom. The van der Waals surface area contributed by atoms with Gasteiger partial charge in [-0.2, -0.15) is 0 Å². The van der Waals surface area contributed by atoms with E-state index >= 15 is 0 Å². The van der Waals surface area contributed by atoms with E-state index in [1.165, 1.54) is 182 Å². The van der Waals surface area contributed by atoms with Crippen molar-refractivity contribution >= 4 is 53.9 Å². The van der Waals surface area contributed by atoms with Crippen molar-refractivity contribution in [3.05, 3.63) is 325 Å². The Bertz CT molecular complexity index is 5480. The summed E-state index contributed by atoms with van der Waals surface area (Å²) in [6.07, 6.45) is 9.87. The summed E-state index contributed by atoms with van der Waals surface area (Å²) in [4.78, 5) is 23.4. The number of fused-ring (bicyclic) bond motifs is 5. The normalized spacial score (nSPS) is 11.0. The smallest absolute Gasteiger partial charge is 0.0740 e. The number of nitrogens with zero attached hydrogens (tertiary/aromatic N) is 5. The first kappa shape index (κ1) is 68.6. The second-order valence-corrected chi connectivity index (χ2v) is 27.0. The molecule has 98 heavy (non-hydrogen) atoms. The minimum absolute atomic E-state index is 1.09. The second-order valence-electron chi connectivity index (χ2n) is 27.0. The van der Waals surface area contributed by atoms with Crippen molar-refractivity contribution in [2.45, 2.75) is 125 Å². The standard InChI is InChI=1S/C20H21N.C19H19N.3C18H17N/c1-12-10-19(15(4)14(3)13(12)2)20-16(5)18-9-7-6-8-17(18)11-21-20;1-12-9-13(2)14(3)18(10-12)19-15(4)17-8-6-5-7-16(17)11-20-19;1-12-8-13(2)10-16(9-12)18-14(3)17-7-5-4-6-15(17)11-19-18;1-12-8-9-15(10-13(12)2)18-14(3)17-7-5-4-6-16(17)11-19-18;1-12-8-9-16(13(2)10-12)18-14(3)17-7-5-4-6-15(17)11-19-18/h6-11H,1-5H3;5-11H,1-4H3;3*4-11H,1-3H3. The van der Waals surface area contributed by atoms with Crippen LogP contribution in [0, 0.1) is 125 Å². The highest BCUT2D eigenvalue weighted by Gasteiger charge is 2.17. The van der Waals surface area contributed by atoms with Crippen LogP contribution in [0.3, 0.4) is 0 Å². The van der Waals surface area contributed by atoms with Gasteiger partial charge in [0, 0.05) is 85.7 Å². The molecule has 0 unspecified atom stereocenters. The number of hydrogen-bond acceptors (Lipinski definition) is 5. The molecule has 15 rings (SSSR count). The molecule has 0 fully saturated rings. The van der Waals surface area contributed by atoms with Crippen molar-refractivity contribution in [3.8, 4) is 56.3 Å². The average Bonchev–Trinajstić information content (AvgIpc) is 0.831. The lowest BCUT2D eigenvalue weighted by Gasteiger charge is -2.16. The first-order chi connectivity index (χ1) is 47.1. The highest BCUT2D eigenvalue weighted by molar-refractivity contribution is 5.94. The predicted molar refractivity (Wildman–Crippen MR) is 421 cm³/mol. The van der Waals surface area contributed by atoms with Crippen molar-refractivity contribution in [3.63, 3.8) is 0 Å². The van der Waals surface area contributed by atoms with Gasteiger partial charge in [0.1, 0.15) is 0 Å². The molecule has 0 spiro atoms. The molecule has 0 N–H and O–H groups in total. The fourth-order valence-electron chi connectivity index (χ4n) is 13.8. The minimum Gasteiger partial charge on any atom is -0.255 e. The Morgan fingerprint density at radius 3 is 0.949 bits per heavy atom. The zero-order valence-corrected chi connectivity index (χ0v) is 60.6. The first-order valence-corrected chi connectivity index (χ1v) is 34.2. The molecule has 0 aliphatic carbocycles. The Kier molecular flexibility index (Phi) is 20.8. The Morgan fingerprint density at radius 2 is 0.531 bits per heavy atom. The molecule has 15 aromatic rings. The van der Waals surface area contributed by atoms with Crippen molar-refractivity contribution < 1.29 is 0 Å². The minimum atomic E-state index is 1.09. The SMILES string of the molecule is Cc1cc(-c2ncc3ccccc3c2C)c(C)c(C)c1C.Cc1cc(C)c(C)c(-c2ncc3ccccc3c2C)c1.Cc1cc(C)cc(-c2ncc3ccccc3c2C)c1.Cc1ccc(-c2ncc3ccccc3c2C)c(C)c1.Cc1ccc(-c2ncc3ccccc3c2C)cc1C. The number of aromatic nitrogens is 5. The molecular weight excluding hydrogens is 1190 g/mol. The number of rotatable bonds is 5. The summed E-state index contributed by atoms with van der Waals surface area (Å²) in [6.45, 7) is 38.9. The van der Waals surface area contributed by atoms with Crippen LogP contribution in [0.2, 0.25) is 0 Å². The lowest BCUT2D eigenvalue weighted by atomic mass is 9.91. The highest BCUT2D eigenvalue weighted by atomic mass is 14.7. The Hall–Kier alpha value is -10.8. The zero-order chi connectivity index (χ0) is 69.6. The van der Waals surface area contributed by atoms with Gasteiger partial charge in [-0.15, -0.1) is 0 Å². The van der Waals surface area contributed by atoms with Crippen LogP contribution in [-0.2, 0) is 0 Å². The molecule has 5 heteroatoms. The van der Waals surface area contributed by atoms with Crippen LogP contribution in [-0.4, -0.2) is 24.9 Å². The van der Waals surface area contributed by atoms with Crippen LogP contribution in [0.15, 0.2) is 225 Å². The molecule has 10 aromatic carbocycles. The van der Waals surface area contributed by atoms with Gasteiger partial charge in [-0.25, -0.2) is 0 Å². The molecule has 5 aromatic heterocycles. The van der Waals surface area contributed by atoms with E-state index < -0.39 is 0 Å². The molecule has 0 atom stereocenters. The molecule has 5 heterocycles.